The van der Waals surface area contributed by atoms with E-state index in [0.29, 0.717) is 0 Å². The summed E-state index contributed by atoms with van der Waals surface area (Å²) in [4.78, 5) is 0. The molecule has 0 aromatic heterocycles. The fourth-order valence-electron chi connectivity index (χ4n) is 0.625. The fraction of sp³-hybridized carbons (Fsp3) is 1.00. The topological polar surface area (TPSA) is 27.6 Å². The van der Waals surface area contributed by atoms with Gasteiger partial charge in [-0.25, -0.2) is 0 Å². The van der Waals surface area contributed by atoms with Crippen LogP contribution in [0.5, 0.6) is 0 Å². The zero-order valence-electron chi connectivity index (χ0n) is 6.46. The van der Waals surface area contributed by atoms with Crippen molar-refractivity contribution in [3.8, 4) is 0 Å². The minimum absolute atomic E-state index is 0. The molecular weight excluding hydrogens is 406 g/mol. The molecular formula is C6H15Br4N-2. The maximum absolute atomic E-state index is 3.77. The molecule has 74 valence electrons. The van der Waals surface area contributed by atoms with Crippen molar-refractivity contribution < 1.29 is 56.7 Å². The van der Waals surface area contributed by atoms with Crippen molar-refractivity contribution in [3.05, 3.63) is 0 Å². The average molecular weight is 421 g/mol. The number of alkyl halides is 1. The third kappa shape index (κ3) is 24.5. The first-order valence-corrected chi connectivity index (χ1v) is 4.39. The molecule has 0 aromatic rings. The summed E-state index contributed by atoms with van der Waals surface area (Å²) in [5.74, 6) is 0. The van der Waals surface area contributed by atoms with Crippen LogP contribution in [0.3, 0.4) is 0 Å². The number of quaternary nitrogens is 1. The van der Waals surface area contributed by atoms with Gasteiger partial charge in [-0.2, -0.15) is 0 Å². The van der Waals surface area contributed by atoms with Gasteiger partial charge in [0.25, 0.3) is 0 Å². The van der Waals surface area contributed by atoms with Crippen molar-refractivity contribution in [1.29, 1.82) is 0 Å². The number of unbranched alkanes of at least 4 members (excludes halogenated alkanes) is 3. The molecule has 0 bridgehead atoms. The molecule has 0 aromatic carbocycles. The van der Waals surface area contributed by atoms with Crippen molar-refractivity contribution in [1.82, 2.24) is 0 Å². The van der Waals surface area contributed by atoms with Crippen LogP contribution >= 0.6 is 15.9 Å². The summed E-state index contributed by atoms with van der Waals surface area (Å²) < 4.78 is 0. The number of hydrogen-bond acceptors (Lipinski definition) is 0. The molecule has 0 spiro atoms. The Morgan fingerprint density at radius 1 is 0.818 bits per heavy atom. The van der Waals surface area contributed by atoms with Crippen LogP contribution in [0.1, 0.15) is 25.7 Å². The van der Waals surface area contributed by atoms with E-state index < -0.39 is 0 Å². The Kier molecular flexibility index (Phi) is 47.5. The first kappa shape index (κ1) is 23.1. The van der Waals surface area contributed by atoms with E-state index in [2.05, 4.69) is 21.7 Å². The normalized spacial score (nSPS) is 7.09. The highest BCUT2D eigenvalue weighted by molar-refractivity contribution is 9.09. The lowest BCUT2D eigenvalue weighted by molar-refractivity contribution is -0.368. The van der Waals surface area contributed by atoms with E-state index in [1.807, 2.05) is 0 Å². The minimum Gasteiger partial charge on any atom is -1.00 e. The fourth-order valence-corrected chi connectivity index (χ4v) is 1.02. The van der Waals surface area contributed by atoms with Gasteiger partial charge in [0.1, 0.15) is 0 Å². The number of hydrogen-bond donors (Lipinski definition) is 1. The molecule has 5 heteroatoms. The van der Waals surface area contributed by atoms with Crippen molar-refractivity contribution in [2.24, 2.45) is 0 Å². The minimum atomic E-state index is 0. The van der Waals surface area contributed by atoms with Crippen LogP contribution in [0.2, 0.25) is 0 Å². The summed E-state index contributed by atoms with van der Waals surface area (Å²) >= 11 is 3.39. The lowest BCUT2D eigenvalue weighted by atomic mass is 10.2. The van der Waals surface area contributed by atoms with Crippen LogP contribution in [-0.4, -0.2) is 11.9 Å². The smallest absolute Gasteiger partial charge is 0.0739 e. The van der Waals surface area contributed by atoms with Crippen LogP contribution in [-0.2, 0) is 0 Å². The Labute approximate surface area is 109 Å². The van der Waals surface area contributed by atoms with Gasteiger partial charge in [-0.05, 0) is 19.3 Å². The summed E-state index contributed by atoms with van der Waals surface area (Å²) in [6.45, 7) is 1.10. The predicted octanol–water partition coefficient (Wildman–Crippen LogP) is -7.80. The second-order valence-electron chi connectivity index (χ2n) is 1.96. The van der Waals surface area contributed by atoms with E-state index in [0.717, 1.165) is 11.9 Å². The Morgan fingerprint density at radius 3 is 1.64 bits per heavy atom. The predicted molar refractivity (Wildman–Crippen MR) is 40.0 cm³/mol. The molecule has 0 rings (SSSR count). The number of rotatable bonds is 5. The third-order valence-corrected chi connectivity index (χ3v) is 1.69. The van der Waals surface area contributed by atoms with Gasteiger partial charge in [-0.3, -0.25) is 0 Å². The second kappa shape index (κ2) is 22.6. The quantitative estimate of drug-likeness (QED) is 0.338. The van der Waals surface area contributed by atoms with Gasteiger partial charge in [0.05, 0.1) is 6.54 Å². The average Bonchev–Trinajstić information content (AvgIpc) is 1.81. The van der Waals surface area contributed by atoms with Gasteiger partial charge < -0.3 is 56.7 Å². The molecule has 1 nitrogen and oxygen atoms in total. The molecule has 0 unspecified atom stereocenters. The maximum atomic E-state index is 3.77. The van der Waals surface area contributed by atoms with Crippen LogP contribution in [0, 0.1) is 0 Å². The molecule has 0 saturated carbocycles. The van der Waals surface area contributed by atoms with Gasteiger partial charge in [0.15, 0.2) is 0 Å². The Hall–Kier alpha value is 1.88. The zero-order valence-corrected chi connectivity index (χ0v) is 12.8. The second-order valence-corrected chi connectivity index (χ2v) is 2.75. The zero-order chi connectivity index (χ0) is 6.24. The van der Waals surface area contributed by atoms with E-state index in [4.69, 9.17) is 0 Å². The van der Waals surface area contributed by atoms with E-state index in [1.165, 1.54) is 25.7 Å². The van der Waals surface area contributed by atoms with Crippen LogP contribution in [0.4, 0.5) is 0 Å². The summed E-state index contributed by atoms with van der Waals surface area (Å²) in [6.07, 6.45) is 5.34. The van der Waals surface area contributed by atoms with Crippen molar-refractivity contribution >= 4 is 15.9 Å². The van der Waals surface area contributed by atoms with Crippen molar-refractivity contribution in [2.45, 2.75) is 25.7 Å². The third-order valence-electron chi connectivity index (χ3n) is 1.13. The largest absolute Gasteiger partial charge is 1.00 e. The molecule has 0 radical (unpaired) electrons. The summed E-state index contributed by atoms with van der Waals surface area (Å²) in [6, 6.07) is 0. The summed E-state index contributed by atoms with van der Waals surface area (Å²) in [5.41, 5.74) is 3.77. The van der Waals surface area contributed by atoms with E-state index in [9.17, 15) is 0 Å². The Morgan fingerprint density at radius 2 is 1.27 bits per heavy atom. The van der Waals surface area contributed by atoms with Gasteiger partial charge >= 0.3 is 0 Å². The van der Waals surface area contributed by atoms with Crippen molar-refractivity contribution in [3.63, 3.8) is 0 Å². The Bertz CT molecular complexity index is 39.6. The molecule has 0 aliphatic rings. The van der Waals surface area contributed by atoms with E-state index in [1.54, 1.807) is 0 Å². The molecule has 0 atom stereocenters. The monoisotopic (exact) mass is 417 g/mol. The summed E-state index contributed by atoms with van der Waals surface area (Å²) in [7, 11) is 0. The lowest BCUT2D eigenvalue weighted by Crippen LogP contribution is -3.00. The van der Waals surface area contributed by atoms with E-state index in [-0.39, 0.29) is 50.9 Å². The van der Waals surface area contributed by atoms with Gasteiger partial charge in [0, 0.05) is 5.33 Å². The van der Waals surface area contributed by atoms with Crippen LogP contribution < -0.4 is 56.7 Å². The highest BCUT2D eigenvalue weighted by Gasteiger charge is 1.85. The van der Waals surface area contributed by atoms with Crippen LogP contribution in [0.25, 0.3) is 0 Å². The van der Waals surface area contributed by atoms with Gasteiger partial charge in [-0.15, -0.1) is 0 Å². The Balaban J connectivity index is -0.0000000817. The van der Waals surface area contributed by atoms with Crippen molar-refractivity contribution in [2.75, 3.05) is 11.9 Å². The highest BCUT2D eigenvalue weighted by atomic mass is 79.9. The van der Waals surface area contributed by atoms with Crippen LogP contribution in [0.15, 0.2) is 0 Å². The molecule has 0 amide bonds. The molecule has 3 N–H and O–H groups in total. The molecule has 0 saturated heterocycles. The lowest BCUT2D eigenvalue weighted by Gasteiger charge is -1.91. The highest BCUT2D eigenvalue weighted by Crippen LogP contribution is 1.99. The maximum Gasteiger partial charge on any atom is 0.0739 e. The van der Waals surface area contributed by atoms with Gasteiger partial charge in [0.2, 0.25) is 0 Å². The molecule has 0 heterocycles. The number of halogens is 4. The van der Waals surface area contributed by atoms with E-state index >= 15 is 0 Å². The first-order valence-electron chi connectivity index (χ1n) is 3.27. The van der Waals surface area contributed by atoms with Gasteiger partial charge in [-0.1, -0.05) is 22.4 Å². The SMILES string of the molecule is [Br-].[Br-].[Br-].[NH3+]CCCCCCBr. The molecule has 0 aliphatic heterocycles. The molecule has 0 fully saturated rings. The summed E-state index contributed by atoms with van der Waals surface area (Å²) in [5, 5.41) is 1.16. The first-order chi connectivity index (χ1) is 3.91. The molecule has 11 heavy (non-hydrogen) atoms. The standard InChI is InChI=1S/C6H14BrN.3BrH/c7-5-3-1-2-4-6-8;;;/h1-6,8H2;3*1H/p-2. The molecule has 0 aliphatic carbocycles.